The zero-order valence-electron chi connectivity index (χ0n) is 10.6. The van der Waals surface area contributed by atoms with E-state index in [0.29, 0.717) is 5.95 Å². The summed E-state index contributed by atoms with van der Waals surface area (Å²) in [6.07, 6.45) is 0. The number of hydrogen-bond donors (Lipinski definition) is 1. The summed E-state index contributed by atoms with van der Waals surface area (Å²) in [7, 11) is 2.02. The van der Waals surface area contributed by atoms with E-state index in [1.54, 1.807) is 11.3 Å². The molecule has 2 N–H and O–H groups in total. The lowest BCUT2D eigenvalue weighted by atomic mass is 10.2. The van der Waals surface area contributed by atoms with E-state index in [4.69, 9.17) is 5.73 Å². The first-order valence-electron chi connectivity index (χ1n) is 6.00. The molecule has 0 atom stereocenters. The Bertz CT molecular complexity index is 693. The van der Waals surface area contributed by atoms with Crippen LogP contribution in [0.4, 0.5) is 11.8 Å². The van der Waals surface area contributed by atoms with Crippen molar-refractivity contribution in [2.75, 3.05) is 17.7 Å². The molecule has 3 aromatic rings. The number of nitrogen functional groups attached to an aromatic ring is 1. The molecule has 1 aromatic carbocycles. The first-order valence-corrected chi connectivity index (χ1v) is 6.88. The minimum absolute atomic E-state index is 0.320. The summed E-state index contributed by atoms with van der Waals surface area (Å²) < 4.78 is 1.08. The Morgan fingerprint density at radius 3 is 2.74 bits per heavy atom. The summed E-state index contributed by atoms with van der Waals surface area (Å²) in [6, 6.07) is 12.3. The topological polar surface area (TPSA) is 55.0 Å². The zero-order chi connectivity index (χ0) is 13.2. The van der Waals surface area contributed by atoms with Crippen molar-refractivity contribution in [3.05, 3.63) is 47.3 Å². The Balaban J connectivity index is 1.97. The van der Waals surface area contributed by atoms with Gasteiger partial charge in [0, 0.05) is 13.6 Å². The fraction of sp³-hybridized carbons (Fsp3) is 0.143. The molecule has 96 valence electrons. The number of rotatable bonds is 3. The molecule has 0 radical (unpaired) electrons. The lowest BCUT2D eigenvalue weighted by Crippen LogP contribution is -2.18. The maximum Gasteiger partial charge on any atom is 0.222 e. The highest BCUT2D eigenvalue weighted by Crippen LogP contribution is 2.29. The molecule has 2 heterocycles. The molecule has 0 saturated carbocycles. The maximum absolute atomic E-state index is 5.77. The Labute approximate surface area is 115 Å². The van der Waals surface area contributed by atoms with Crippen LogP contribution in [0, 0.1) is 0 Å². The van der Waals surface area contributed by atoms with E-state index in [0.717, 1.165) is 22.6 Å². The summed E-state index contributed by atoms with van der Waals surface area (Å²) in [4.78, 5) is 10.7. The number of thiophene rings is 1. The van der Waals surface area contributed by atoms with Gasteiger partial charge in [0.1, 0.15) is 0 Å². The second-order valence-corrected chi connectivity index (χ2v) is 5.30. The number of anilines is 2. The molecule has 0 unspecified atom stereocenters. The summed E-state index contributed by atoms with van der Waals surface area (Å²) >= 11 is 1.64. The Hall–Kier alpha value is -2.14. The van der Waals surface area contributed by atoms with Gasteiger partial charge in [-0.3, -0.25) is 0 Å². The molecule has 0 fully saturated rings. The Kier molecular flexibility index (Phi) is 3.05. The lowest BCUT2D eigenvalue weighted by Gasteiger charge is -2.19. The SMILES string of the molecule is CN(Cc1ccccc1)c1nc(N)nc2ccsc12. The van der Waals surface area contributed by atoms with Crippen LogP contribution in [-0.4, -0.2) is 17.0 Å². The molecule has 4 nitrogen and oxygen atoms in total. The third kappa shape index (κ3) is 2.37. The largest absolute Gasteiger partial charge is 0.368 e. The number of hydrogen-bond acceptors (Lipinski definition) is 5. The number of benzene rings is 1. The minimum atomic E-state index is 0.320. The van der Waals surface area contributed by atoms with Gasteiger partial charge in [0.05, 0.1) is 10.2 Å². The molecule has 3 rings (SSSR count). The van der Waals surface area contributed by atoms with Crippen LogP contribution in [0.5, 0.6) is 0 Å². The van der Waals surface area contributed by atoms with Crippen molar-refractivity contribution in [3.63, 3.8) is 0 Å². The van der Waals surface area contributed by atoms with E-state index in [9.17, 15) is 0 Å². The zero-order valence-corrected chi connectivity index (χ0v) is 11.4. The first-order chi connectivity index (χ1) is 9.24. The number of nitrogens with zero attached hydrogens (tertiary/aromatic N) is 3. The number of nitrogens with two attached hydrogens (primary N) is 1. The third-order valence-electron chi connectivity index (χ3n) is 2.93. The average molecular weight is 270 g/mol. The molecule has 0 aliphatic heterocycles. The summed E-state index contributed by atoms with van der Waals surface area (Å²) in [6.45, 7) is 0.796. The van der Waals surface area contributed by atoms with E-state index in [1.807, 2.05) is 36.7 Å². The van der Waals surface area contributed by atoms with Gasteiger partial charge in [-0.25, -0.2) is 4.98 Å². The summed E-state index contributed by atoms with van der Waals surface area (Å²) in [5.74, 6) is 1.21. The molecule has 0 bridgehead atoms. The number of aromatic nitrogens is 2. The van der Waals surface area contributed by atoms with E-state index in [2.05, 4.69) is 27.0 Å². The van der Waals surface area contributed by atoms with E-state index in [-0.39, 0.29) is 0 Å². The van der Waals surface area contributed by atoms with Crippen LogP contribution >= 0.6 is 11.3 Å². The van der Waals surface area contributed by atoms with E-state index < -0.39 is 0 Å². The van der Waals surface area contributed by atoms with Crippen molar-refractivity contribution in [3.8, 4) is 0 Å². The molecule has 5 heteroatoms. The molecule has 0 saturated heterocycles. The molecule has 0 amide bonds. The van der Waals surface area contributed by atoms with E-state index >= 15 is 0 Å². The summed E-state index contributed by atoms with van der Waals surface area (Å²) in [5, 5.41) is 2.01. The molecule has 0 aliphatic carbocycles. The van der Waals surface area contributed by atoms with Gasteiger partial charge in [0.2, 0.25) is 5.95 Å². The van der Waals surface area contributed by atoms with Gasteiger partial charge in [0.25, 0.3) is 0 Å². The van der Waals surface area contributed by atoms with Crippen LogP contribution in [0.3, 0.4) is 0 Å². The smallest absolute Gasteiger partial charge is 0.222 e. The van der Waals surface area contributed by atoms with Crippen LogP contribution in [0.15, 0.2) is 41.8 Å². The Morgan fingerprint density at radius 2 is 1.95 bits per heavy atom. The summed E-state index contributed by atoms with van der Waals surface area (Å²) in [5.41, 5.74) is 7.92. The van der Waals surface area contributed by atoms with Crippen LogP contribution in [0.1, 0.15) is 5.56 Å². The fourth-order valence-corrected chi connectivity index (χ4v) is 2.93. The third-order valence-corrected chi connectivity index (χ3v) is 3.83. The van der Waals surface area contributed by atoms with E-state index in [1.165, 1.54) is 5.56 Å². The fourth-order valence-electron chi connectivity index (χ4n) is 2.06. The first kappa shape index (κ1) is 11.9. The predicted molar refractivity (Wildman–Crippen MR) is 80.4 cm³/mol. The minimum Gasteiger partial charge on any atom is -0.368 e. The van der Waals surface area contributed by atoms with Crippen LogP contribution < -0.4 is 10.6 Å². The van der Waals surface area contributed by atoms with Gasteiger partial charge in [0.15, 0.2) is 5.82 Å². The van der Waals surface area contributed by atoms with Crippen molar-refractivity contribution in [1.82, 2.24) is 9.97 Å². The van der Waals surface area contributed by atoms with Crippen molar-refractivity contribution in [2.24, 2.45) is 0 Å². The average Bonchev–Trinajstić information content (AvgIpc) is 2.86. The van der Waals surface area contributed by atoms with Gasteiger partial charge >= 0.3 is 0 Å². The highest BCUT2D eigenvalue weighted by molar-refractivity contribution is 7.17. The van der Waals surface area contributed by atoms with Crippen molar-refractivity contribution < 1.29 is 0 Å². The molecular formula is C14H14N4S. The van der Waals surface area contributed by atoms with Gasteiger partial charge in [-0.1, -0.05) is 30.3 Å². The molecule has 0 spiro atoms. The van der Waals surface area contributed by atoms with Crippen molar-refractivity contribution in [1.29, 1.82) is 0 Å². The quantitative estimate of drug-likeness (QED) is 0.795. The van der Waals surface area contributed by atoms with Gasteiger partial charge in [-0.05, 0) is 17.0 Å². The highest BCUT2D eigenvalue weighted by atomic mass is 32.1. The standard InChI is InChI=1S/C14H14N4S/c1-18(9-10-5-3-2-4-6-10)13-12-11(7-8-19-12)16-14(15)17-13/h2-8H,9H2,1H3,(H2,15,16,17). The second-order valence-electron chi connectivity index (χ2n) is 4.38. The van der Waals surface area contributed by atoms with Crippen molar-refractivity contribution >= 4 is 33.3 Å². The van der Waals surface area contributed by atoms with Gasteiger partial charge in [-0.2, -0.15) is 4.98 Å². The molecule has 19 heavy (non-hydrogen) atoms. The Morgan fingerprint density at radius 1 is 1.16 bits per heavy atom. The highest BCUT2D eigenvalue weighted by Gasteiger charge is 2.12. The second kappa shape index (κ2) is 4.85. The molecule has 0 aliphatic rings. The number of fused-ring (bicyclic) bond motifs is 1. The molecular weight excluding hydrogens is 256 g/mol. The van der Waals surface area contributed by atoms with Crippen LogP contribution in [0.2, 0.25) is 0 Å². The maximum atomic E-state index is 5.77. The van der Waals surface area contributed by atoms with Crippen molar-refractivity contribution in [2.45, 2.75) is 6.54 Å². The van der Waals surface area contributed by atoms with Crippen LogP contribution in [0.25, 0.3) is 10.2 Å². The monoisotopic (exact) mass is 270 g/mol. The molecule has 2 aromatic heterocycles. The predicted octanol–water partition coefficient (Wildman–Crippen LogP) is 2.91. The van der Waals surface area contributed by atoms with Crippen LogP contribution in [-0.2, 0) is 6.54 Å². The van der Waals surface area contributed by atoms with Gasteiger partial charge in [-0.15, -0.1) is 11.3 Å². The normalized spacial score (nSPS) is 10.8. The lowest BCUT2D eigenvalue weighted by molar-refractivity contribution is 0.904. The van der Waals surface area contributed by atoms with Gasteiger partial charge < -0.3 is 10.6 Å².